The van der Waals surface area contributed by atoms with E-state index in [0.717, 1.165) is 0 Å². The lowest BCUT2D eigenvalue weighted by atomic mass is 9.86. The Morgan fingerprint density at radius 1 is 1.29 bits per heavy atom. The zero-order valence-corrected chi connectivity index (χ0v) is 24.6. The minimum absolute atomic E-state index is 0.0331. The Labute approximate surface area is 242 Å². The maximum Gasteiger partial charge on any atom is 0.459 e. The lowest BCUT2D eigenvalue weighted by Gasteiger charge is -2.44. The average molecular weight is 607 g/mol. The minimum atomic E-state index is -4.20. The Balaban J connectivity index is 1.37. The topological polar surface area (TPSA) is 191 Å². The number of ether oxygens (including phenoxy) is 4. The molecule has 15 nitrogen and oxygen atoms in total. The summed E-state index contributed by atoms with van der Waals surface area (Å²) in [5, 5.41) is 14.0. The monoisotopic (exact) mass is 606 g/mol. The summed E-state index contributed by atoms with van der Waals surface area (Å²) in [5.41, 5.74) is 5.40. The molecular formula is C26H35N6O9P. The van der Waals surface area contributed by atoms with E-state index in [0.29, 0.717) is 24.2 Å². The number of esters is 1. The summed E-state index contributed by atoms with van der Waals surface area (Å²) in [7, 11) is -2.76. The van der Waals surface area contributed by atoms with Crippen LogP contribution in [0.1, 0.15) is 33.4 Å². The van der Waals surface area contributed by atoms with Gasteiger partial charge in [0.25, 0.3) is 0 Å². The molecule has 1 spiro atoms. The first-order valence-electron chi connectivity index (χ1n) is 13.5. The molecule has 0 saturated carbocycles. The molecule has 6 atom stereocenters. The third-order valence-corrected chi connectivity index (χ3v) is 8.58. The molecule has 1 unspecified atom stereocenters. The smallest absolute Gasteiger partial charge is 0.459 e. The van der Waals surface area contributed by atoms with E-state index in [-0.39, 0.29) is 36.7 Å². The summed E-state index contributed by atoms with van der Waals surface area (Å²) in [6.45, 7) is 5.52. The molecule has 0 amide bonds. The van der Waals surface area contributed by atoms with Crippen LogP contribution in [0.25, 0.3) is 11.2 Å². The first kappa shape index (κ1) is 30.1. The summed E-state index contributed by atoms with van der Waals surface area (Å²) in [6.07, 6.45) is -1.14. The van der Waals surface area contributed by atoms with Gasteiger partial charge in [-0.3, -0.25) is 13.9 Å². The summed E-state index contributed by atoms with van der Waals surface area (Å²) in [5.74, 6) is -0.0985. The van der Waals surface area contributed by atoms with Crippen molar-refractivity contribution in [2.24, 2.45) is 5.92 Å². The molecule has 1 aromatic carbocycles. The predicted molar refractivity (Wildman–Crippen MR) is 149 cm³/mol. The molecule has 0 bridgehead atoms. The molecule has 2 aliphatic heterocycles. The number of nitrogens with zero attached hydrogens (tertiary/aromatic N) is 4. The van der Waals surface area contributed by atoms with Crippen LogP contribution in [0.4, 0.5) is 5.95 Å². The number of carbonyl (C=O) groups is 1. The van der Waals surface area contributed by atoms with Crippen LogP contribution in [0.5, 0.6) is 11.6 Å². The number of hydrogen-bond acceptors (Lipinski definition) is 13. The van der Waals surface area contributed by atoms with E-state index in [9.17, 15) is 14.5 Å². The number of nitrogens with one attached hydrogen (secondary N) is 1. The van der Waals surface area contributed by atoms with Crippen LogP contribution in [0.15, 0.2) is 36.7 Å². The maximum absolute atomic E-state index is 13.9. The first-order valence-corrected chi connectivity index (χ1v) is 15.0. The molecule has 4 N–H and O–H groups in total. The Kier molecular flexibility index (Phi) is 8.69. The van der Waals surface area contributed by atoms with Crippen LogP contribution >= 0.6 is 7.75 Å². The van der Waals surface area contributed by atoms with E-state index >= 15 is 0 Å². The molecule has 4 heterocycles. The molecule has 228 valence electrons. The summed E-state index contributed by atoms with van der Waals surface area (Å²) < 4.78 is 49.7. The standard InChI is InChI=1S/C26H35N6O9P/c1-15(2)12-37-23(34)16(3)31-42(35,41-17-8-6-5-7-9-17)39-13-18-20(33)26(10-11-38-26)24(40-18)32-14-28-19-21(32)29-25(27)30-22(19)36-4/h5-9,14-16,18,20,24,33H,10-13H2,1-4H3,(H,31,35)(H2,27,29,30)/t16-,18+,20+,24+,26+,42?/m0/s1. The number of aliphatic hydroxyl groups is 1. The molecule has 5 rings (SSSR count). The highest BCUT2D eigenvalue weighted by Gasteiger charge is 2.62. The van der Waals surface area contributed by atoms with Crippen LogP contribution in [0.3, 0.4) is 0 Å². The largest absolute Gasteiger partial charge is 0.479 e. The van der Waals surface area contributed by atoms with Gasteiger partial charge in [-0.25, -0.2) is 9.55 Å². The number of nitrogens with two attached hydrogens (primary N) is 1. The van der Waals surface area contributed by atoms with Gasteiger partial charge in [0.2, 0.25) is 11.8 Å². The summed E-state index contributed by atoms with van der Waals surface area (Å²) in [6, 6.07) is 7.34. The van der Waals surface area contributed by atoms with Crippen LogP contribution in [-0.2, 0) is 28.1 Å². The van der Waals surface area contributed by atoms with Gasteiger partial charge < -0.3 is 34.3 Å². The van der Waals surface area contributed by atoms with E-state index in [2.05, 4.69) is 20.0 Å². The number of nitrogen functional groups attached to an aromatic ring is 1. The fourth-order valence-electron chi connectivity index (χ4n) is 4.78. The number of aromatic nitrogens is 4. The van der Waals surface area contributed by atoms with Crippen LogP contribution in [-0.4, -0.2) is 81.4 Å². The number of rotatable bonds is 12. The predicted octanol–water partition coefficient (Wildman–Crippen LogP) is 2.22. The zero-order valence-electron chi connectivity index (χ0n) is 23.7. The lowest BCUT2D eigenvalue weighted by molar-refractivity contribution is -0.225. The molecule has 2 aliphatic rings. The molecule has 2 aromatic heterocycles. The third-order valence-electron chi connectivity index (χ3n) is 6.93. The highest BCUT2D eigenvalue weighted by molar-refractivity contribution is 7.52. The van der Waals surface area contributed by atoms with Crippen molar-refractivity contribution in [2.45, 2.75) is 57.3 Å². The number of imidazole rings is 1. The Morgan fingerprint density at radius 2 is 2.02 bits per heavy atom. The van der Waals surface area contributed by atoms with Gasteiger partial charge in [0.05, 0.1) is 33.3 Å². The second-order valence-electron chi connectivity index (χ2n) is 10.5. The third kappa shape index (κ3) is 5.93. The van der Waals surface area contributed by atoms with Crippen molar-refractivity contribution in [3.8, 4) is 11.6 Å². The molecule has 0 aliphatic carbocycles. The highest BCUT2D eigenvalue weighted by atomic mass is 31.2. The van der Waals surface area contributed by atoms with Crippen molar-refractivity contribution in [1.29, 1.82) is 0 Å². The number of para-hydroxylation sites is 1. The molecule has 2 saturated heterocycles. The second-order valence-corrected chi connectivity index (χ2v) is 12.2. The SMILES string of the molecule is COc1nc(N)nc2c1ncn2[C@@H]1O[C@H](COP(=O)(N[C@@H](C)C(=O)OCC(C)C)Oc2ccccc2)[C@@H](O)[C@]12CCO2. The van der Waals surface area contributed by atoms with Crippen molar-refractivity contribution in [1.82, 2.24) is 24.6 Å². The molecule has 3 aromatic rings. The van der Waals surface area contributed by atoms with E-state index in [4.69, 9.17) is 33.7 Å². The zero-order chi connectivity index (χ0) is 30.1. The molecule has 16 heteroatoms. The number of aliphatic hydroxyl groups excluding tert-OH is 1. The number of carbonyl (C=O) groups excluding carboxylic acids is 1. The Morgan fingerprint density at radius 3 is 2.67 bits per heavy atom. The normalized spacial score (nSPS) is 25.7. The van der Waals surface area contributed by atoms with Gasteiger partial charge in [-0.15, -0.1) is 0 Å². The number of anilines is 1. The van der Waals surface area contributed by atoms with E-state index < -0.39 is 43.8 Å². The van der Waals surface area contributed by atoms with Gasteiger partial charge >= 0.3 is 13.7 Å². The molecule has 42 heavy (non-hydrogen) atoms. The van der Waals surface area contributed by atoms with Crippen molar-refractivity contribution >= 4 is 30.8 Å². The minimum Gasteiger partial charge on any atom is -0.479 e. The van der Waals surface area contributed by atoms with E-state index in [1.54, 1.807) is 34.9 Å². The molecule has 0 radical (unpaired) electrons. The molecular weight excluding hydrogens is 571 g/mol. The van der Waals surface area contributed by atoms with Crippen molar-refractivity contribution < 1.29 is 42.5 Å². The summed E-state index contributed by atoms with van der Waals surface area (Å²) >= 11 is 0. The van der Waals surface area contributed by atoms with Gasteiger partial charge in [-0.05, 0) is 25.0 Å². The van der Waals surface area contributed by atoms with Gasteiger partial charge in [-0.1, -0.05) is 32.0 Å². The van der Waals surface area contributed by atoms with Gasteiger partial charge in [-0.2, -0.15) is 15.1 Å². The number of hydrogen-bond donors (Lipinski definition) is 3. The summed E-state index contributed by atoms with van der Waals surface area (Å²) in [4.78, 5) is 25.2. The first-order chi connectivity index (χ1) is 20.0. The quantitative estimate of drug-likeness (QED) is 0.201. The molecule has 2 fully saturated rings. The Bertz CT molecular complexity index is 1450. The number of methoxy groups -OCH3 is 1. The fraction of sp³-hybridized carbons (Fsp3) is 0.538. The van der Waals surface area contributed by atoms with Crippen molar-refractivity contribution in [3.63, 3.8) is 0 Å². The van der Waals surface area contributed by atoms with Crippen LogP contribution < -0.4 is 20.1 Å². The second kappa shape index (κ2) is 12.1. The lowest BCUT2D eigenvalue weighted by Crippen LogP contribution is -2.56. The maximum atomic E-state index is 13.9. The highest BCUT2D eigenvalue weighted by Crippen LogP contribution is 2.51. The van der Waals surface area contributed by atoms with Crippen LogP contribution in [0.2, 0.25) is 0 Å². The fourth-order valence-corrected chi connectivity index (χ4v) is 6.28. The average Bonchev–Trinajstić information content (AvgIpc) is 3.48. The van der Waals surface area contributed by atoms with Crippen molar-refractivity contribution in [3.05, 3.63) is 36.7 Å². The Hall–Kier alpha value is -3.33. The van der Waals surface area contributed by atoms with E-state index in [1.807, 2.05) is 13.8 Å². The number of benzene rings is 1. The van der Waals surface area contributed by atoms with Gasteiger partial charge in [0.1, 0.15) is 29.6 Å². The van der Waals surface area contributed by atoms with Crippen molar-refractivity contribution in [2.75, 3.05) is 32.7 Å². The van der Waals surface area contributed by atoms with Gasteiger partial charge in [0, 0.05) is 6.42 Å². The van der Waals surface area contributed by atoms with E-state index in [1.165, 1.54) is 20.4 Å². The van der Waals surface area contributed by atoms with Crippen LogP contribution in [0, 0.1) is 5.92 Å². The van der Waals surface area contributed by atoms with Gasteiger partial charge in [0.15, 0.2) is 17.4 Å². The number of fused-ring (bicyclic) bond motifs is 1.